The van der Waals surface area contributed by atoms with E-state index >= 15 is 0 Å². The van der Waals surface area contributed by atoms with E-state index in [-0.39, 0.29) is 5.91 Å². The summed E-state index contributed by atoms with van der Waals surface area (Å²) < 4.78 is 1.67. The Labute approximate surface area is 107 Å². The average molecular weight is 251 g/mol. The lowest BCUT2D eigenvalue weighted by Crippen LogP contribution is -2.45. The number of aryl methyl sites for hydroxylation is 1. The fourth-order valence-electron chi connectivity index (χ4n) is 2.39. The number of carbonyl (C=O) groups is 1. The number of nitrogens with one attached hydrogen (secondary N) is 1. The molecule has 2 rings (SSSR count). The number of carbonyl (C=O) groups excluding carboxylic acids is 1. The van der Waals surface area contributed by atoms with Crippen LogP contribution in [0, 0.1) is 5.92 Å². The molecule has 1 heterocycles. The molecule has 0 radical (unpaired) electrons. The SMILES string of the molecule is CC1CCC(O)(CNC(=O)c2cncn2C)CC1. The number of rotatable bonds is 3. The van der Waals surface area contributed by atoms with Gasteiger partial charge in [-0.05, 0) is 31.6 Å². The monoisotopic (exact) mass is 251 g/mol. The summed E-state index contributed by atoms with van der Waals surface area (Å²) in [7, 11) is 1.78. The Bertz CT molecular complexity index is 420. The first-order valence-corrected chi connectivity index (χ1v) is 6.47. The summed E-state index contributed by atoms with van der Waals surface area (Å²) in [6.45, 7) is 2.53. The Kier molecular flexibility index (Phi) is 3.71. The lowest BCUT2D eigenvalue weighted by molar-refractivity contribution is -0.00546. The molecule has 1 saturated carbocycles. The van der Waals surface area contributed by atoms with Crippen molar-refractivity contribution in [1.82, 2.24) is 14.9 Å². The molecule has 1 fully saturated rings. The van der Waals surface area contributed by atoms with Crippen LogP contribution in [0.4, 0.5) is 0 Å². The van der Waals surface area contributed by atoms with Crippen molar-refractivity contribution in [2.45, 2.75) is 38.2 Å². The first-order chi connectivity index (χ1) is 8.50. The zero-order valence-electron chi connectivity index (χ0n) is 11.0. The zero-order valence-corrected chi connectivity index (χ0v) is 11.0. The summed E-state index contributed by atoms with van der Waals surface area (Å²) in [5.41, 5.74) is -0.219. The lowest BCUT2D eigenvalue weighted by atomic mass is 9.79. The van der Waals surface area contributed by atoms with E-state index in [1.54, 1.807) is 17.9 Å². The molecule has 0 spiro atoms. The molecule has 0 aliphatic heterocycles. The molecule has 18 heavy (non-hydrogen) atoms. The molecule has 0 atom stereocenters. The van der Waals surface area contributed by atoms with Crippen LogP contribution in [0.25, 0.3) is 0 Å². The highest BCUT2D eigenvalue weighted by molar-refractivity contribution is 5.92. The van der Waals surface area contributed by atoms with Gasteiger partial charge in [-0.25, -0.2) is 4.98 Å². The molecule has 0 unspecified atom stereocenters. The van der Waals surface area contributed by atoms with Crippen LogP contribution in [0.2, 0.25) is 0 Å². The van der Waals surface area contributed by atoms with Crippen LogP contribution in [-0.2, 0) is 7.05 Å². The minimum atomic E-state index is -0.735. The second kappa shape index (κ2) is 5.10. The van der Waals surface area contributed by atoms with E-state index in [9.17, 15) is 9.90 Å². The summed E-state index contributed by atoms with van der Waals surface area (Å²) in [4.78, 5) is 15.8. The summed E-state index contributed by atoms with van der Waals surface area (Å²) in [5, 5.41) is 13.2. The van der Waals surface area contributed by atoms with Crippen molar-refractivity contribution < 1.29 is 9.90 Å². The van der Waals surface area contributed by atoms with E-state index in [0.717, 1.165) is 25.7 Å². The Morgan fingerprint density at radius 1 is 1.61 bits per heavy atom. The maximum absolute atomic E-state index is 11.9. The molecule has 1 aromatic rings. The van der Waals surface area contributed by atoms with E-state index in [4.69, 9.17) is 0 Å². The topological polar surface area (TPSA) is 67.2 Å². The number of aromatic nitrogens is 2. The van der Waals surface area contributed by atoms with E-state index in [1.807, 2.05) is 0 Å². The van der Waals surface area contributed by atoms with Crippen molar-refractivity contribution >= 4 is 5.91 Å². The summed E-state index contributed by atoms with van der Waals surface area (Å²) in [5.74, 6) is 0.500. The van der Waals surface area contributed by atoms with Crippen LogP contribution in [0.5, 0.6) is 0 Å². The van der Waals surface area contributed by atoms with E-state index in [1.165, 1.54) is 6.20 Å². The Hall–Kier alpha value is -1.36. The second-order valence-electron chi connectivity index (χ2n) is 5.48. The number of hydrogen-bond acceptors (Lipinski definition) is 3. The highest BCUT2D eigenvalue weighted by atomic mass is 16.3. The van der Waals surface area contributed by atoms with E-state index < -0.39 is 5.60 Å². The van der Waals surface area contributed by atoms with Gasteiger partial charge in [-0.3, -0.25) is 4.79 Å². The van der Waals surface area contributed by atoms with Crippen molar-refractivity contribution in [3.8, 4) is 0 Å². The van der Waals surface area contributed by atoms with Crippen LogP contribution in [-0.4, -0.2) is 32.7 Å². The van der Waals surface area contributed by atoms with Crippen molar-refractivity contribution in [2.75, 3.05) is 6.54 Å². The third-order valence-electron chi connectivity index (χ3n) is 3.83. The maximum atomic E-state index is 11.9. The predicted octanol–water partition coefficient (Wildman–Crippen LogP) is 1.09. The average Bonchev–Trinajstić information content (AvgIpc) is 2.77. The van der Waals surface area contributed by atoms with Crippen molar-refractivity contribution in [3.63, 3.8) is 0 Å². The van der Waals surface area contributed by atoms with Crippen molar-refractivity contribution in [1.29, 1.82) is 0 Å². The smallest absolute Gasteiger partial charge is 0.269 e. The van der Waals surface area contributed by atoms with Crippen molar-refractivity contribution in [3.05, 3.63) is 18.2 Å². The van der Waals surface area contributed by atoms with Gasteiger partial charge in [-0.1, -0.05) is 6.92 Å². The molecule has 100 valence electrons. The lowest BCUT2D eigenvalue weighted by Gasteiger charge is -2.34. The Morgan fingerprint density at radius 3 is 2.83 bits per heavy atom. The van der Waals surface area contributed by atoms with Crippen LogP contribution in [0.1, 0.15) is 43.1 Å². The minimum absolute atomic E-state index is 0.179. The fourth-order valence-corrected chi connectivity index (χ4v) is 2.39. The number of aliphatic hydroxyl groups is 1. The molecule has 1 amide bonds. The summed E-state index contributed by atoms with van der Waals surface area (Å²) in [6, 6.07) is 0. The molecule has 5 nitrogen and oxygen atoms in total. The van der Waals surface area contributed by atoms with Gasteiger partial charge in [0, 0.05) is 13.6 Å². The first kappa shape index (κ1) is 13.1. The van der Waals surface area contributed by atoms with Gasteiger partial charge in [0.25, 0.3) is 5.91 Å². The minimum Gasteiger partial charge on any atom is -0.388 e. The standard InChI is InChI=1S/C13H21N3O2/c1-10-3-5-13(18,6-4-10)8-15-12(17)11-7-14-9-16(11)2/h7,9-10,18H,3-6,8H2,1-2H3,(H,15,17). The van der Waals surface area contributed by atoms with Crippen LogP contribution in [0.15, 0.2) is 12.5 Å². The number of hydrogen-bond donors (Lipinski definition) is 2. The molecule has 0 saturated heterocycles. The van der Waals surface area contributed by atoms with Crippen LogP contribution in [0.3, 0.4) is 0 Å². The maximum Gasteiger partial charge on any atom is 0.269 e. The first-order valence-electron chi connectivity index (χ1n) is 6.47. The number of nitrogens with zero attached hydrogens (tertiary/aromatic N) is 2. The van der Waals surface area contributed by atoms with Gasteiger partial charge in [0.1, 0.15) is 5.69 Å². The number of amides is 1. The van der Waals surface area contributed by atoms with Gasteiger partial charge in [-0.15, -0.1) is 0 Å². The van der Waals surface area contributed by atoms with Crippen molar-refractivity contribution in [2.24, 2.45) is 13.0 Å². The van der Waals surface area contributed by atoms with Crippen LogP contribution < -0.4 is 5.32 Å². The molecule has 0 bridgehead atoms. The molecule has 1 aliphatic rings. The van der Waals surface area contributed by atoms with E-state index in [0.29, 0.717) is 18.2 Å². The van der Waals surface area contributed by atoms with Crippen LogP contribution >= 0.6 is 0 Å². The highest BCUT2D eigenvalue weighted by Gasteiger charge is 2.32. The van der Waals surface area contributed by atoms with Gasteiger partial charge in [0.2, 0.25) is 0 Å². The molecule has 5 heteroatoms. The summed E-state index contributed by atoms with van der Waals surface area (Å²) >= 11 is 0. The van der Waals surface area contributed by atoms with Gasteiger partial charge in [0.15, 0.2) is 0 Å². The Balaban J connectivity index is 1.88. The highest BCUT2D eigenvalue weighted by Crippen LogP contribution is 2.31. The van der Waals surface area contributed by atoms with E-state index in [2.05, 4.69) is 17.2 Å². The molecule has 1 aromatic heterocycles. The molecule has 2 N–H and O–H groups in total. The van der Waals surface area contributed by atoms with Gasteiger partial charge in [-0.2, -0.15) is 0 Å². The summed E-state index contributed by atoms with van der Waals surface area (Å²) in [6.07, 6.45) is 6.70. The normalized spacial score (nSPS) is 28.1. The molecular weight excluding hydrogens is 230 g/mol. The van der Waals surface area contributed by atoms with Gasteiger partial charge < -0.3 is 15.0 Å². The third-order valence-corrected chi connectivity index (χ3v) is 3.83. The third kappa shape index (κ3) is 2.90. The molecular formula is C13H21N3O2. The largest absolute Gasteiger partial charge is 0.388 e. The Morgan fingerprint density at radius 2 is 2.28 bits per heavy atom. The fraction of sp³-hybridized carbons (Fsp3) is 0.692. The predicted molar refractivity (Wildman–Crippen MR) is 68.1 cm³/mol. The zero-order chi connectivity index (χ0) is 13.2. The second-order valence-corrected chi connectivity index (χ2v) is 5.48. The molecule has 0 aromatic carbocycles. The quantitative estimate of drug-likeness (QED) is 0.845. The van der Waals surface area contributed by atoms with Gasteiger partial charge in [0.05, 0.1) is 18.1 Å². The number of imidazole rings is 1. The van der Waals surface area contributed by atoms with Gasteiger partial charge >= 0.3 is 0 Å². The molecule has 1 aliphatic carbocycles.